The molecule has 0 aromatic heterocycles. The van der Waals surface area contributed by atoms with Gasteiger partial charge >= 0.3 is 6.03 Å². The first-order valence-corrected chi connectivity index (χ1v) is 6.76. The minimum absolute atomic E-state index is 0.290. The van der Waals surface area contributed by atoms with Crippen LogP contribution in [0.2, 0.25) is 0 Å². The molecular formula is C16H16F2N2O2. The van der Waals surface area contributed by atoms with Crippen LogP contribution in [0.5, 0.6) is 0 Å². The molecule has 0 aliphatic rings. The Morgan fingerprint density at radius 2 is 1.68 bits per heavy atom. The third kappa shape index (κ3) is 4.26. The Morgan fingerprint density at radius 3 is 2.27 bits per heavy atom. The van der Waals surface area contributed by atoms with Crippen molar-refractivity contribution in [1.82, 2.24) is 5.32 Å². The van der Waals surface area contributed by atoms with Crippen LogP contribution >= 0.6 is 0 Å². The van der Waals surface area contributed by atoms with Crippen molar-refractivity contribution in [3.8, 4) is 0 Å². The molecule has 6 heteroatoms. The fourth-order valence-corrected chi connectivity index (χ4v) is 2.01. The number of benzene rings is 2. The van der Waals surface area contributed by atoms with E-state index in [1.165, 1.54) is 6.07 Å². The van der Waals surface area contributed by atoms with Gasteiger partial charge in [0.2, 0.25) is 0 Å². The highest BCUT2D eigenvalue weighted by molar-refractivity contribution is 5.89. The van der Waals surface area contributed by atoms with Crippen molar-refractivity contribution in [2.75, 3.05) is 11.9 Å². The lowest BCUT2D eigenvalue weighted by Gasteiger charge is -2.17. The molecule has 0 radical (unpaired) electrons. The number of aliphatic hydroxyl groups is 1. The van der Waals surface area contributed by atoms with Gasteiger partial charge in [0, 0.05) is 0 Å². The molecule has 2 aromatic rings. The van der Waals surface area contributed by atoms with Crippen LogP contribution in [0.3, 0.4) is 0 Å². The summed E-state index contributed by atoms with van der Waals surface area (Å²) in [6, 6.07) is 11.2. The molecule has 0 bridgehead atoms. The SMILES string of the molecule is O=C(Nc1c(F)cccc1F)NC(CO)Cc1ccccc1. The van der Waals surface area contributed by atoms with Crippen molar-refractivity contribution in [3.63, 3.8) is 0 Å². The fourth-order valence-electron chi connectivity index (χ4n) is 2.01. The number of para-hydroxylation sites is 1. The van der Waals surface area contributed by atoms with Crippen LogP contribution in [0, 0.1) is 11.6 Å². The Hall–Kier alpha value is -2.47. The maximum atomic E-state index is 13.4. The van der Waals surface area contributed by atoms with E-state index in [9.17, 15) is 18.7 Å². The maximum Gasteiger partial charge on any atom is 0.319 e. The van der Waals surface area contributed by atoms with Crippen LogP contribution in [0.1, 0.15) is 5.56 Å². The first kappa shape index (κ1) is 15.9. The molecule has 1 unspecified atom stereocenters. The second-order valence-electron chi connectivity index (χ2n) is 4.76. The Balaban J connectivity index is 1.98. The summed E-state index contributed by atoms with van der Waals surface area (Å²) in [7, 11) is 0. The monoisotopic (exact) mass is 306 g/mol. The number of carbonyl (C=O) groups excluding carboxylic acids is 1. The van der Waals surface area contributed by atoms with Gasteiger partial charge in [0.05, 0.1) is 12.6 Å². The number of urea groups is 1. The molecule has 2 rings (SSSR count). The number of nitrogens with one attached hydrogen (secondary N) is 2. The van der Waals surface area contributed by atoms with E-state index in [-0.39, 0.29) is 6.61 Å². The van der Waals surface area contributed by atoms with E-state index >= 15 is 0 Å². The minimum Gasteiger partial charge on any atom is -0.394 e. The van der Waals surface area contributed by atoms with E-state index in [1.807, 2.05) is 30.3 Å². The van der Waals surface area contributed by atoms with Gasteiger partial charge in [0.1, 0.15) is 17.3 Å². The second-order valence-corrected chi connectivity index (χ2v) is 4.76. The van der Waals surface area contributed by atoms with Crippen LogP contribution in [-0.2, 0) is 6.42 Å². The summed E-state index contributed by atoms with van der Waals surface area (Å²) in [6.07, 6.45) is 0.407. The Morgan fingerprint density at radius 1 is 1.05 bits per heavy atom. The molecule has 3 N–H and O–H groups in total. The Bertz CT molecular complexity index is 615. The molecule has 116 valence electrons. The Labute approximate surface area is 126 Å². The molecule has 2 aromatic carbocycles. The molecule has 22 heavy (non-hydrogen) atoms. The number of hydrogen-bond acceptors (Lipinski definition) is 2. The normalized spacial score (nSPS) is 11.8. The van der Waals surface area contributed by atoms with Crippen LogP contribution in [-0.4, -0.2) is 23.8 Å². The topological polar surface area (TPSA) is 61.4 Å². The number of amides is 2. The van der Waals surface area contributed by atoms with Gasteiger partial charge in [-0.25, -0.2) is 13.6 Å². The molecular weight excluding hydrogens is 290 g/mol. The van der Waals surface area contributed by atoms with Crippen molar-refractivity contribution in [1.29, 1.82) is 0 Å². The van der Waals surface area contributed by atoms with Gasteiger partial charge in [-0.1, -0.05) is 36.4 Å². The summed E-state index contributed by atoms with van der Waals surface area (Å²) in [4.78, 5) is 11.8. The van der Waals surface area contributed by atoms with Crippen LogP contribution in [0.15, 0.2) is 48.5 Å². The highest BCUT2D eigenvalue weighted by atomic mass is 19.1. The number of anilines is 1. The molecule has 0 spiro atoms. The molecule has 0 aliphatic heterocycles. The number of hydrogen-bond donors (Lipinski definition) is 3. The smallest absolute Gasteiger partial charge is 0.319 e. The molecule has 0 heterocycles. The molecule has 0 saturated heterocycles. The summed E-state index contributed by atoms with van der Waals surface area (Å²) < 4.78 is 26.9. The summed E-state index contributed by atoms with van der Waals surface area (Å²) in [5, 5.41) is 13.9. The van der Waals surface area contributed by atoms with E-state index in [4.69, 9.17) is 0 Å². The largest absolute Gasteiger partial charge is 0.394 e. The van der Waals surface area contributed by atoms with E-state index in [2.05, 4.69) is 10.6 Å². The molecule has 4 nitrogen and oxygen atoms in total. The van der Waals surface area contributed by atoms with Crippen molar-refractivity contribution < 1.29 is 18.7 Å². The van der Waals surface area contributed by atoms with Crippen LogP contribution in [0.4, 0.5) is 19.3 Å². The number of halogens is 2. The van der Waals surface area contributed by atoms with Crippen molar-refractivity contribution in [2.24, 2.45) is 0 Å². The predicted octanol–water partition coefficient (Wildman–Crippen LogP) is 2.69. The predicted molar refractivity (Wildman–Crippen MR) is 79.5 cm³/mol. The van der Waals surface area contributed by atoms with Gasteiger partial charge in [-0.05, 0) is 24.1 Å². The zero-order valence-electron chi connectivity index (χ0n) is 11.7. The van der Waals surface area contributed by atoms with Gasteiger partial charge in [0.25, 0.3) is 0 Å². The lowest BCUT2D eigenvalue weighted by molar-refractivity contribution is 0.224. The molecule has 0 aliphatic carbocycles. The first-order valence-electron chi connectivity index (χ1n) is 6.76. The van der Waals surface area contributed by atoms with Crippen LogP contribution in [0.25, 0.3) is 0 Å². The second kappa shape index (κ2) is 7.51. The quantitative estimate of drug-likeness (QED) is 0.795. The van der Waals surface area contributed by atoms with Gasteiger partial charge in [-0.15, -0.1) is 0 Å². The van der Waals surface area contributed by atoms with Crippen molar-refractivity contribution in [2.45, 2.75) is 12.5 Å². The molecule has 0 fully saturated rings. The van der Waals surface area contributed by atoms with Gasteiger partial charge in [0.15, 0.2) is 0 Å². The lowest BCUT2D eigenvalue weighted by Crippen LogP contribution is -2.41. The lowest BCUT2D eigenvalue weighted by atomic mass is 10.1. The number of carbonyl (C=O) groups is 1. The van der Waals surface area contributed by atoms with Crippen molar-refractivity contribution >= 4 is 11.7 Å². The van der Waals surface area contributed by atoms with Gasteiger partial charge in [-0.2, -0.15) is 0 Å². The Kier molecular flexibility index (Phi) is 5.43. The van der Waals surface area contributed by atoms with E-state index in [1.54, 1.807) is 0 Å². The number of rotatable bonds is 5. The summed E-state index contributed by atoms with van der Waals surface area (Å²) >= 11 is 0. The maximum absolute atomic E-state index is 13.4. The average molecular weight is 306 g/mol. The third-order valence-corrected chi connectivity index (χ3v) is 3.08. The highest BCUT2D eigenvalue weighted by Gasteiger charge is 2.15. The fraction of sp³-hybridized carbons (Fsp3) is 0.188. The van der Waals surface area contributed by atoms with Gasteiger partial charge in [-0.3, -0.25) is 0 Å². The molecule has 2 amide bonds. The number of aliphatic hydroxyl groups excluding tert-OH is 1. The van der Waals surface area contributed by atoms with Crippen LogP contribution < -0.4 is 10.6 Å². The summed E-state index contributed by atoms with van der Waals surface area (Å²) in [5.41, 5.74) is 0.412. The average Bonchev–Trinajstić information content (AvgIpc) is 2.51. The van der Waals surface area contributed by atoms with Crippen molar-refractivity contribution in [3.05, 3.63) is 65.7 Å². The van der Waals surface area contributed by atoms with E-state index < -0.39 is 29.4 Å². The highest BCUT2D eigenvalue weighted by Crippen LogP contribution is 2.17. The zero-order chi connectivity index (χ0) is 15.9. The standard InChI is InChI=1S/C16H16F2N2O2/c17-13-7-4-8-14(18)15(13)20-16(22)19-12(10-21)9-11-5-2-1-3-6-11/h1-8,12,21H,9-10H2,(H2,19,20,22). The van der Waals surface area contributed by atoms with E-state index in [0.29, 0.717) is 6.42 Å². The van der Waals surface area contributed by atoms with E-state index in [0.717, 1.165) is 17.7 Å². The zero-order valence-corrected chi connectivity index (χ0v) is 11.7. The summed E-state index contributed by atoms with van der Waals surface area (Å²) in [5.74, 6) is -1.72. The minimum atomic E-state index is -0.862. The first-order chi connectivity index (χ1) is 10.6. The third-order valence-electron chi connectivity index (χ3n) is 3.08. The summed E-state index contributed by atoms with van der Waals surface area (Å²) in [6.45, 7) is -0.290. The molecule has 0 saturated carbocycles. The molecule has 1 atom stereocenters. The van der Waals surface area contributed by atoms with Gasteiger partial charge < -0.3 is 15.7 Å².